The van der Waals surface area contributed by atoms with Crippen molar-refractivity contribution in [1.29, 1.82) is 0 Å². The lowest BCUT2D eigenvalue weighted by Crippen LogP contribution is -2.13. The Morgan fingerprint density at radius 2 is 1.91 bits per heavy atom. The molecule has 0 radical (unpaired) electrons. The van der Waals surface area contributed by atoms with Crippen LogP contribution in [0.2, 0.25) is 0 Å². The van der Waals surface area contributed by atoms with Crippen molar-refractivity contribution < 1.29 is 9.53 Å². The quantitative estimate of drug-likeness (QED) is 0.682. The normalized spacial score (nSPS) is 10.4. The number of carbonyl (C=O) groups is 1. The van der Waals surface area contributed by atoms with E-state index in [1.54, 1.807) is 0 Å². The minimum Gasteiger partial charge on any atom is -0.494 e. The van der Waals surface area contributed by atoms with Crippen molar-refractivity contribution in [2.75, 3.05) is 11.9 Å². The van der Waals surface area contributed by atoms with E-state index in [0.29, 0.717) is 19.4 Å². The van der Waals surface area contributed by atoms with E-state index in [4.69, 9.17) is 4.74 Å². The number of aryl methyl sites for hydroxylation is 2. The molecular weight excluding hydrogens is 354 g/mol. The number of hydrogen-bond donors (Lipinski definition) is 1. The number of benzene rings is 2. The molecule has 0 atom stereocenters. The van der Waals surface area contributed by atoms with Crippen molar-refractivity contribution in [3.63, 3.8) is 0 Å². The molecule has 0 unspecified atom stereocenters. The lowest BCUT2D eigenvalue weighted by atomic mass is 10.2. The van der Waals surface area contributed by atoms with E-state index in [2.05, 4.69) is 40.3 Å². The van der Waals surface area contributed by atoms with E-state index in [0.717, 1.165) is 27.9 Å². The van der Waals surface area contributed by atoms with Gasteiger partial charge in [0.05, 0.1) is 12.3 Å². The predicted octanol–water partition coefficient (Wildman–Crippen LogP) is 5.12. The standard InChI is InChI=1S/C19H22BrNO2/c1-3-15-7-9-16(10-8-15)23-12-4-5-19(22)21-18-11-6-14(2)13-17(18)20/h6-11,13H,3-5,12H2,1-2H3,(H,21,22). The highest BCUT2D eigenvalue weighted by atomic mass is 79.9. The summed E-state index contributed by atoms with van der Waals surface area (Å²) < 4.78 is 6.56. The van der Waals surface area contributed by atoms with E-state index in [9.17, 15) is 4.79 Å². The smallest absolute Gasteiger partial charge is 0.224 e. The Bertz CT molecular complexity index is 653. The number of nitrogens with one attached hydrogen (secondary N) is 1. The molecule has 0 saturated carbocycles. The maximum absolute atomic E-state index is 12.0. The predicted molar refractivity (Wildman–Crippen MR) is 98.1 cm³/mol. The van der Waals surface area contributed by atoms with Gasteiger partial charge in [0, 0.05) is 10.9 Å². The first kappa shape index (κ1) is 17.5. The molecule has 0 fully saturated rings. The number of halogens is 1. The molecular formula is C19H22BrNO2. The third-order valence-corrected chi connectivity index (χ3v) is 4.20. The number of ether oxygens (including phenoxy) is 1. The molecule has 2 aromatic carbocycles. The molecule has 2 rings (SSSR count). The van der Waals surface area contributed by atoms with Gasteiger partial charge in [0.1, 0.15) is 5.75 Å². The molecule has 0 bridgehead atoms. The number of carbonyl (C=O) groups excluding carboxylic acids is 1. The molecule has 0 saturated heterocycles. The van der Waals surface area contributed by atoms with E-state index in [-0.39, 0.29) is 5.91 Å². The fraction of sp³-hybridized carbons (Fsp3) is 0.316. The Morgan fingerprint density at radius 1 is 1.17 bits per heavy atom. The molecule has 0 aliphatic heterocycles. The maximum atomic E-state index is 12.0. The van der Waals surface area contributed by atoms with E-state index >= 15 is 0 Å². The average Bonchev–Trinajstić information content (AvgIpc) is 2.55. The molecule has 0 heterocycles. The highest BCUT2D eigenvalue weighted by Gasteiger charge is 2.06. The van der Waals surface area contributed by atoms with Gasteiger partial charge in [0.25, 0.3) is 0 Å². The summed E-state index contributed by atoms with van der Waals surface area (Å²) in [4.78, 5) is 12.0. The summed E-state index contributed by atoms with van der Waals surface area (Å²) in [6, 6.07) is 13.9. The summed E-state index contributed by atoms with van der Waals surface area (Å²) in [7, 11) is 0. The van der Waals surface area contributed by atoms with Gasteiger partial charge in [-0.2, -0.15) is 0 Å². The number of rotatable bonds is 7. The zero-order valence-corrected chi connectivity index (χ0v) is 15.2. The summed E-state index contributed by atoms with van der Waals surface area (Å²) in [5.41, 5.74) is 3.24. The minimum absolute atomic E-state index is 0.000478. The highest BCUT2D eigenvalue weighted by molar-refractivity contribution is 9.10. The van der Waals surface area contributed by atoms with E-state index < -0.39 is 0 Å². The van der Waals surface area contributed by atoms with Crippen molar-refractivity contribution in [2.24, 2.45) is 0 Å². The van der Waals surface area contributed by atoms with Gasteiger partial charge in [-0.25, -0.2) is 0 Å². The third kappa shape index (κ3) is 5.71. The van der Waals surface area contributed by atoms with Gasteiger partial charge in [-0.3, -0.25) is 4.79 Å². The van der Waals surface area contributed by atoms with Crippen LogP contribution in [0.5, 0.6) is 5.75 Å². The Hall–Kier alpha value is -1.81. The molecule has 1 amide bonds. The SMILES string of the molecule is CCc1ccc(OCCCC(=O)Nc2ccc(C)cc2Br)cc1. The van der Waals surface area contributed by atoms with Crippen molar-refractivity contribution in [3.05, 3.63) is 58.1 Å². The summed E-state index contributed by atoms with van der Waals surface area (Å²) in [6.45, 7) is 4.68. The van der Waals surface area contributed by atoms with Gasteiger partial charge in [0.2, 0.25) is 5.91 Å². The molecule has 0 spiro atoms. The van der Waals surface area contributed by atoms with Crippen molar-refractivity contribution in [2.45, 2.75) is 33.1 Å². The fourth-order valence-electron chi connectivity index (χ4n) is 2.18. The first-order valence-corrected chi connectivity index (χ1v) is 8.65. The molecule has 122 valence electrons. The molecule has 3 nitrogen and oxygen atoms in total. The van der Waals surface area contributed by atoms with Crippen LogP contribution in [0.4, 0.5) is 5.69 Å². The number of hydrogen-bond acceptors (Lipinski definition) is 2. The second kappa shape index (κ2) is 8.73. The molecule has 2 aromatic rings. The van der Waals surface area contributed by atoms with Gasteiger partial charge < -0.3 is 10.1 Å². The zero-order valence-electron chi connectivity index (χ0n) is 13.6. The largest absolute Gasteiger partial charge is 0.494 e. The van der Waals surface area contributed by atoms with Gasteiger partial charge in [-0.1, -0.05) is 25.1 Å². The summed E-state index contributed by atoms with van der Waals surface area (Å²) in [5.74, 6) is 0.850. The van der Waals surface area contributed by atoms with Crippen molar-refractivity contribution in [3.8, 4) is 5.75 Å². The zero-order chi connectivity index (χ0) is 16.7. The van der Waals surface area contributed by atoms with Crippen LogP contribution in [0.3, 0.4) is 0 Å². The first-order chi connectivity index (χ1) is 11.1. The monoisotopic (exact) mass is 375 g/mol. The molecule has 4 heteroatoms. The fourth-order valence-corrected chi connectivity index (χ4v) is 2.77. The van der Waals surface area contributed by atoms with Crippen LogP contribution in [0, 0.1) is 6.92 Å². The van der Waals surface area contributed by atoms with Crippen LogP contribution in [-0.2, 0) is 11.2 Å². The van der Waals surface area contributed by atoms with E-state index in [1.165, 1.54) is 5.56 Å². The van der Waals surface area contributed by atoms with Crippen LogP contribution in [0.1, 0.15) is 30.9 Å². The van der Waals surface area contributed by atoms with Gasteiger partial charge in [0.15, 0.2) is 0 Å². The number of amides is 1. The van der Waals surface area contributed by atoms with Crippen LogP contribution in [0.15, 0.2) is 46.9 Å². The average molecular weight is 376 g/mol. The number of anilines is 1. The molecule has 0 aliphatic rings. The second-order valence-corrected chi connectivity index (χ2v) is 6.34. The highest BCUT2D eigenvalue weighted by Crippen LogP contribution is 2.23. The van der Waals surface area contributed by atoms with Crippen LogP contribution in [-0.4, -0.2) is 12.5 Å². The summed E-state index contributed by atoms with van der Waals surface area (Å²) in [6.07, 6.45) is 2.15. The Kier molecular flexibility index (Phi) is 6.66. The van der Waals surface area contributed by atoms with Crippen molar-refractivity contribution >= 4 is 27.5 Å². The van der Waals surface area contributed by atoms with Crippen molar-refractivity contribution in [1.82, 2.24) is 0 Å². The first-order valence-electron chi connectivity index (χ1n) is 7.86. The van der Waals surface area contributed by atoms with Crippen LogP contribution < -0.4 is 10.1 Å². The summed E-state index contributed by atoms with van der Waals surface area (Å²) >= 11 is 3.46. The van der Waals surface area contributed by atoms with Crippen LogP contribution >= 0.6 is 15.9 Å². The molecule has 0 aliphatic carbocycles. The maximum Gasteiger partial charge on any atom is 0.224 e. The topological polar surface area (TPSA) is 38.3 Å². The Morgan fingerprint density at radius 3 is 2.57 bits per heavy atom. The minimum atomic E-state index is -0.000478. The van der Waals surface area contributed by atoms with Gasteiger partial charge >= 0.3 is 0 Å². The van der Waals surface area contributed by atoms with Gasteiger partial charge in [-0.15, -0.1) is 0 Å². The lowest BCUT2D eigenvalue weighted by Gasteiger charge is -2.09. The second-order valence-electron chi connectivity index (χ2n) is 5.48. The lowest BCUT2D eigenvalue weighted by molar-refractivity contribution is -0.116. The third-order valence-electron chi connectivity index (χ3n) is 3.55. The Labute approximate surface area is 146 Å². The summed E-state index contributed by atoms with van der Waals surface area (Å²) in [5, 5.41) is 2.91. The molecule has 23 heavy (non-hydrogen) atoms. The Balaban J connectivity index is 1.72. The van der Waals surface area contributed by atoms with E-state index in [1.807, 2.05) is 37.3 Å². The van der Waals surface area contributed by atoms with Gasteiger partial charge in [-0.05, 0) is 71.1 Å². The van der Waals surface area contributed by atoms with Crippen LogP contribution in [0.25, 0.3) is 0 Å². The molecule has 0 aromatic heterocycles. The molecule has 1 N–H and O–H groups in total.